The van der Waals surface area contributed by atoms with Gasteiger partial charge in [0.25, 0.3) is 0 Å². The molecule has 1 aliphatic heterocycles. The number of nitrogens with zero attached hydrogens (tertiary/aromatic N) is 3. The number of pyridine rings is 1. The summed E-state index contributed by atoms with van der Waals surface area (Å²) in [5, 5.41) is 1.60. The number of rotatable bonds is 5. The van der Waals surface area contributed by atoms with Gasteiger partial charge in [0.2, 0.25) is 0 Å². The van der Waals surface area contributed by atoms with E-state index >= 15 is 0 Å². The van der Waals surface area contributed by atoms with Gasteiger partial charge < -0.3 is 9.14 Å². The largest absolute Gasteiger partial charge is 0.486 e. The lowest BCUT2D eigenvalue weighted by Gasteiger charge is -2.22. The van der Waals surface area contributed by atoms with Crippen LogP contribution >= 0.6 is 0 Å². The van der Waals surface area contributed by atoms with E-state index in [1.54, 1.807) is 30.6 Å². The molecule has 3 heterocycles. The van der Waals surface area contributed by atoms with E-state index in [0.29, 0.717) is 24.5 Å². The number of ether oxygens (including phenoxy) is 1. The third kappa shape index (κ3) is 2.66. The molecule has 0 saturated carbocycles. The van der Waals surface area contributed by atoms with Gasteiger partial charge in [0.15, 0.2) is 6.29 Å². The van der Waals surface area contributed by atoms with E-state index < -0.39 is 0 Å². The van der Waals surface area contributed by atoms with E-state index in [-0.39, 0.29) is 0 Å². The zero-order valence-electron chi connectivity index (χ0n) is 11.6. The van der Waals surface area contributed by atoms with Gasteiger partial charge in [-0.25, -0.2) is 4.98 Å². The molecule has 21 heavy (non-hydrogen) atoms. The highest BCUT2D eigenvalue weighted by Gasteiger charge is 2.15. The lowest BCUT2D eigenvalue weighted by Crippen LogP contribution is -2.21. The molecule has 0 radical (unpaired) electrons. The second kappa shape index (κ2) is 5.80. The van der Waals surface area contributed by atoms with Crippen molar-refractivity contribution in [2.45, 2.75) is 6.61 Å². The minimum absolute atomic E-state index is 0.329. The summed E-state index contributed by atoms with van der Waals surface area (Å²) in [6.07, 6.45) is 9.77. The summed E-state index contributed by atoms with van der Waals surface area (Å²) in [5.74, 6) is 0.492. The predicted molar refractivity (Wildman–Crippen MR) is 75.9 cm³/mol. The van der Waals surface area contributed by atoms with E-state index in [4.69, 9.17) is 9.57 Å². The van der Waals surface area contributed by atoms with Crippen LogP contribution in [0.5, 0.6) is 0 Å². The third-order valence-electron chi connectivity index (χ3n) is 3.28. The minimum atomic E-state index is 0.329. The zero-order valence-corrected chi connectivity index (χ0v) is 11.6. The Balaban J connectivity index is 1.80. The Hall–Kier alpha value is -2.60. The number of hydroxylamine groups is 2. The van der Waals surface area contributed by atoms with Gasteiger partial charge in [-0.15, -0.1) is 0 Å². The molecular formula is C15H15N3O3. The summed E-state index contributed by atoms with van der Waals surface area (Å²) in [4.78, 5) is 20.5. The number of hydrogen-bond donors (Lipinski definition) is 0. The molecule has 0 saturated heterocycles. The molecule has 0 spiro atoms. The molecule has 6 nitrogen and oxygen atoms in total. The smallest absolute Gasteiger partial charge is 0.153 e. The van der Waals surface area contributed by atoms with Crippen LogP contribution in [0.4, 0.5) is 0 Å². The Morgan fingerprint density at radius 2 is 2.33 bits per heavy atom. The first-order valence-electron chi connectivity index (χ1n) is 6.53. The molecule has 0 aromatic carbocycles. The summed E-state index contributed by atoms with van der Waals surface area (Å²) < 4.78 is 7.69. The summed E-state index contributed by atoms with van der Waals surface area (Å²) >= 11 is 0. The molecule has 2 aromatic heterocycles. The number of fused-ring (bicyclic) bond motifs is 1. The van der Waals surface area contributed by atoms with Crippen molar-refractivity contribution in [2.75, 3.05) is 13.7 Å². The third-order valence-corrected chi connectivity index (χ3v) is 3.28. The Morgan fingerprint density at radius 1 is 1.43 bits per heavy atom. The average molecular weight is 285 g/mol. The minimum Gasteiger partial charge on any atom is -0.486 e. The van der Waals surface area contributed by atoms with E-state index in [1.807, 2.05) is 28.9 Å². The monoisotopic (exact) mass is 285 g/mol. The van der Waals surface area contributed by atoms with E-state index in [0.717, 1.165) is 17.5 Å². The second-order valence-corrected chi connectivity index (χ2v) is 4.53. The van der Waals surface area contributed by atoms with Gasteiger partial charge >= 0.3 is 0 Å². The number of aromatic nitrogens is 2. The van der Waals surface area contributed by atoms with Crippen LogP contribution in [0.1, 0.15) is 5.56 Å². The van der Waals surface area contributed by atoms with Gasteiger partial charge in [-0.1, -0.05) is 6.07 Å². The van der Waals surface area contributed by atoms with Crippen molar-refractivity contribution in [1.82, 2.24) is 14.4 Å². The number of hydrogen-bond acceptors (Lipinski definition) is 5. The molecule has 0 fully saturated rings. The van der Waals surface area contributed by atoms with Gasteiger partial charge in [-0.3, -0.25) is 14.7 Å². The zero-order chi connectivity index (χ0) is 14.7. The molecule has 6 heteroatoms. The highest BCUT2D eigenvalue weighted by molar-refractivity contribution is 5.79. The first-order valence-corrected chi connectivity index (χ1v) is 6.53. The molecule has 0 atom stereocenters. The van der Waals surface area contributed by atoms with Crippen molar-refractivity contribution in [3.05, 3.63) is 59.9 Å². The van der Waals surface area contributed by atoms with Crippen molar-refractivity contribution >= 4 is 11.9 Å². The SMILES string of the molecule is CON1C=C(OCc2cccn3ccnc23)C(C=O)=CC1. The second-order valence-electron chi connectivity index (χ2n) is 4.53. The van der Waals surface area contributed by atoms with Gasteiger partial charge in [-0.05, 0) is 12.1 Å². The van der Waals surface area contributed by atoms with Crippen molar-refractivity contribution < 1.29 is 14.4 Å². The van der Waals surface area contributed by atoms with Gasteiger partial charge in [-0.2, -0.15) is 0 Å². The predicted octanol–water partition coefficient (Wildman–Crippen LogP) is 1.69. The lowest BCUT2D eigenvalue weighted by atomic mass is 10.2. The maximum atomic E-state index is 11.1. The van der Waals surface area contributed by atoms with Crippen molar-refractivity contribution in [3.63, 3.8) is 0 Å². The molecule has 0 amide bonds. The molecule has 3 rings (SSSR count). The van der Waals surface area contributed by atoms with Crippen molar-refractivity contribution in [3.8, 4) is 0 Å². The Kier molecular flexibility index (Phi) is 3.70. The Labute approximate surface area is 121 Å². The fraction of sp³-hybridized carbons (Fsp3) is 0.200. The fourth-order valence-electron chi connectivity index (χ4n) is 2.18. The first-order chi connectivity index (χ1) is 10.3. The number of aldehydes is 1. The van der Waals surface area contributed by atoms with Crippen LogP contribution in [-0.4, -0.2) is 34.4 Å². The summed E-state index contributed by atoms with van der Waals surface area (Å²) in [5.41, 5.74) is 2.32. The van der Waals surface area contributed by atoms with Crippen LogP contribution in [0, 0.1) is 0 Å². The van der Waals surface area contributed by atoms with Crippen LogP contribution in [0.2, 0.25) is 0 Å². The molecule has 1 aliphatic rings. The van der Waals surface area contributed by atoms with Crippen molar-refractivity contribution in [2.24, 2.45) is 0 Å². The molecule has 0 unspecified atom stereocenters. The number of carbonyl (C=O) groups is 1. The van der Waals surface area contributed by atoms with Gasteiger partial charge in [0.05, 0.1) is 25.4 Å². The highest BCUT2D eigenvalue weighted by Crippen LogP contribution is 2.19. The maximum absolute atomic E-state index is 11.1. The summed E-state index contributed by atoms with van der Waals surface area (Å²) in [6, 6.07) is 3.88. The van der Waals surface area contributed by atoms with E-state index in [2.05, 4.69) is 4.98 Å². The maximum Gasteiger partial charge on any atom is 0.153 e. The Bertz CT molecular complexity index is 718. The standard InChI is InChI=1S/C15H15N3O3/c1-20-18-7-4-12(10-19)14(9-18)21-11-13-3-2-6-17-8-5-16-15(13)17/h2-6,8-10H,7,11H2,1H3. The first kappa shape index (κ1) is 13.4. The lowest BCUT2D eigenvalue weighted by molar-refractivity contribution is -0.105. The number of imidazole rings is 1. The molecule has 2 aromatic rings. The summed E-state index contributed by atoms with van der Waals surface area (Å²) in [6.45, 7) is 0.850. The topological polar surface area (TPSA) is 56.1 Å². The average Bonchev–Trinajstić information content (AvgIpc) is 3.01. The molecule has 0 bridgehead atoms. The van der Waals surface area contributed by atoms with Crippen LogP contribution in [0.25, 0.3) is 5.65 Å². The van der Waals surface area contributed by atoms with E-state index in [1.165, 1.54) is 0 Å². The highest BCUT2D eigenvalue weighted by atomic mass is 16.7. The van der Waals surface area contributed by atoms with Crippen molar-refractivity contribution in [1.29, 1.82) is 0 Å². The van der Waals surface area contributed by atoms with E-state index in [9.17, 15) is 4.79 Å². The molecule has 108 valence electrons. The Morgan fingerprint density at radius 3 is 3.14 bits per heavy atom. The molecule has 0 aliphatic carbocycles. The summed E-state index contributed by atoms with van der Waals surface area (Å²) in [7, 11) is 1.57. The normalized spacial score (nSPS) is 14.8. The number of allylic oxidation sites excluding steroid dienone is 1. The van der Waals surface area contributed by atoms with Crippen LogP contribution in [-0.2, 0) is 21.0 Å². The van der Waals surface area contributed by atoms with Gasteiger partial charge in [0.1, 0.15) is 18.0 Å². The fourth-order valence-corrected chi connectivity index (χ4v) is 2.18. The van der Waals surface area contributed by atoms with Crippen LogP contribution < -0.4 is 0 Å². The van der Waals surface area contributed by atoms with Crippen LogP contribution in [0.15, 0.2) is 54.3 Å². The quantitative estimate of drug-likeness (QED) is 0.783. The number of carbonyl (C=O) groups excluding carboxylic acids is 1. The molecular weight excluding hydrogens is 270 g/mol. The molecule has 0 N–H and O–H groups in total. The van der Waals surface area contributed by atoms with Gasteiger partial charge in [0, 0.05) is 24.2 Å². The van der Waals surface area contributed by atoms with Crippen LogP contribution in [0.3, 0.4) is 0 Å².